The van der Waals surface area contributed by atoms with Crippen molar-refractivity contribution < 1.29 is 19.1 Å². The van der Waals surface area contributed by atoms with Gasteiger partial charge in [0.1, 0.15) is 0 Å². The van der Waals surface area contributed by atoms with Crippen LogP contribution in [0.15, 0.2) is 84.0 Å². The van der Waals surface area contributed by atoms with Gasteiger partial charge >= 0.3 is 5.97 Å². The van der Waals surface area contributed by atoms with E-state index in [0.29, 0.717) is 22.9 Å². The molecule has 0 spiro atoms. The predicted molar refractivity (Wildman–Crippen MR) is 142 cm³/mol. The first-order valence-electron chi connectivity index (χ1n) is 11.2. The lowest BCUT2D eigenvalue weighted by molar-refractivity contribution is -0.120. The standard InChI is InChI=1S/C28H22Cl2N2O4/c1-2-35-26-14-18(10-13-25(26)36-28(34)23-12-11-21(29)16-24(23)30)17-31-32-27(33)15-20-8-5-7-19-6-3-4-9-22(19)20/h3-14,16-17H,2,15H2,1H3,(H,32,33). The second kappa shape index (κ2) is 11.7. The number of carbonyl (C=O) groups excluding carboxylic acids is 2. The molecule has 6 nitrogen and oxygen atoms in total. The lowest BCUT2D eigenvalue weighted by atomic mass is 10.0. The topological polar surface area (TPSA) is 77.0 Å². The Morgan fingerprint density at radius 3 is 2.56 bits per heavy atom. The summed E-state index contributed by atoms with van der Waals surface area (Å²) in [5.41, 5.74) is 4.31. The fourth-order valence-corrected chi connectivity index (χ4v) is 4.09. The average molecular weight is 521 g/mol. The second-order valence-electron chi connectivity index (χ2n) is 7.76. The van der Waals surface area contributed by atoms with Crippen molar-refractivity contribution in [2.75, 3.05) is 6.61 Å². The number of benzene rings is 4. The van der Waals surface area contributed by atoms with Gasteiger partial charge in [0, 0.05) is 5.02 Å². The van der Waals surface area contributed by atoms with Crippen LogP contribution in [0.4, 0.5) is 0 Å². The van der Waals surface area contributed by atoms with Crippen LogP contribution in [0, 0.1) is 0 Å². The first-order valence-corrected chi connectivity index (χ1v) is 11.9. The Hall–Kier alpha value is -3.87. The number of halogens is 2. The fourth-order valence-electron chi connectivity index (χ4n) is 3.61. The summed E-state index contributed by atoms with van der Waals surface area (Å²) < 4.78 is 11.1. The van der Waals surface area contributed by atoms with Crippen LogP contribution in [-0.2, 0) is 11.2 Å². The number of amides is 1. The monoisotopic (exact) mass is 520 g/mol. The molecular formula is C28H22Cl2N2O4. The van der Waals surface area contributed by atoms with Gasteiger partial charge in [-0.25, -0.2) is 10.2 Å². The molecule has 4 rings (SSSR count). The molecule has 8 heteroatoms. The number of nitrogens with zero attached hydrogens (tertiary/aromatic N) is 1. The fraction of sp³-hybridized carbons (Fsp3) is 0.107. The third-order valence-corrected chi connectivity index (χ3v) is 5.80. The Balaban J connectivity index is 1.43. The summed E-state index contributed by atoms with van der Waals surface area (Å²) in [4.78, 5) is 25.0. The Bertz CT molecular complexity index is 1450. The van der Waals surface area contributed by atoms with Crippen molar-refractivity contribution in [3.8, 4) is 11.5 Å². The summed E-state index contributed by atoms with van der Waals surface area (Å²) in [6.07, 6.45) is 1.69. The number of rotatable bonds is 8. The number of esters is 1. The quantitative estimate of drug-likeness (QED) is 0.125. The van der Waals surface area contributed by atoms with Crippen LogP contribution >= 0.6 is 23.2 Å². The van der Waals surface area contributed by atoms with Gasteiger partial charge in [-0.15, -0.1) is 0 Å². The normalized spacial score (nSPS) is 11.0. The Kier molecular flexibility index (Phi) is 8.21. The molecule has 0 aromatic heterocycles. The van der Waals surface area contributed by atoms with Gasteiger partial charge in [0.15, 0.2) is 11.5 Å². The Morgan fingerprint density at radius 2 is 1.75 bits per heavy atom. The number of hydrogen-bond donors (Lipinski definition) is 1. The summed E-state index contributed by atoms with van der Waals surface area (Å²) >= 11 is 12.0. The van der Waals surface area contributed by atoms with Gasteiger partial charge < -0.3 is 9.47 Å². The summed E-state index contributed by atoms with van der Waals surface area (Å²) in [5, 5.41) is 6.77. The number of hydrazone groups is 1. The molecule has 0 bridgehead atoms. The minimum absolute atomic E-state index is 0.183. The molecule has 0 atom stereocenters. The van der Waals surface area contributed by atoms with Gasteiger partial charge in [0.2, 0.25) is 5.91 Å². The molecule has 0 radical (unpaired) electrons. The molecular weight excluding hydrogens is 499 g/mol. The SMILES string of the molecule is CCOc1cc(C=NNC(=O)Cc2cccc3ccccc23)ccc1OC(=O)c1ccc(Cl)cc1Cl. The van der Waals surface area contributed by atoms with Gasteiger partial charge in [0.25, 0.3) is 0 Å². The zero-order valence-electron chi connectivity index (χ0n) is 19.3. The second-order valence-corrected chi connectivity index (χ2v) is 8.60. The number of hydrogen-bond acceptors (Lipinski definition) is 5. The molecule has 0 unspecified atom stereocenters. The van der Waals surface area contributed by atoms with Gasteiger partial charge in [-0.2, -0.15) is 5.10 Å². The van der Waals surface area contributed by atoms with E-state index in [1.54, 1.807) is 24.3 Å². The van der Waals surface area contributed by atoms with Crippen molar-refractivity contribution in [3.05, 3.63) is 106 Å². The maximum Gasteiger partial charge on any atom is 0.345 e. The van der Waals surface area contributed by atoms with Gasteiger partial charge in [0.05, 0.1) is 29.8 Å². The van der Waals surface area contributed by atoms with E-state index in [1.165, 1.54) is 18.3 Å². The highest BCUT2D eigenvalue weighted by Gasteiger charge is 2.16. The minimum Gasteiger partial charge on any atom is -0.490 e. The molecule has 36 heavy (non-hydrogen) atoms. The van der Waals surface area contributed by atoms with Crippen LogP contribution in [0.25, 0.3) is 10.8 Å². The van der Waals surface area contributed by atoms with E-state index in [4.69, 9.17) is 32.7 Å². The largest absolute Gasteiger partial charge is 0.490 e. The molecule has 4 aromatic carbocycles. The van der Waals surface area contributed by atoms with E-state index >= 15 is 0 Å². The number of ether oxygens (including phenoxy) is 2. The molecule has 0 saturated heterocycles. The first-order chi connectivity index (χ1) is 17.4. The molecule has 0 aliphatic rings. The molecule has 1 N–H and O–H groups in total. The summed E-state index contributed by atoms with van der Waals surface area (Å²) in [5.74, 6) is -0.301. The number of fused-ring (bicyclic) bond motifs is 1. The van der Waals surface area contributed by atoms with E-state index in [-0.39, 0.29) is 28.7 Å². The zero-order chi connectivity index (χ0) is 25.5. The van der Waals surface area contributed by atoms with Gasteiger partial charge in [-0.3, -0.25) is 4.79 Å². The molecule has 4 aromatic rings. The van der Waals surface area contributed by atoms with Crippen LogP contribution in [0.2, 0.25) is 10.0 Å². The number of nitrogens with one attached hydrogen (secondary N) is 1. The lowest BCUT2D eigenvalue weighted by Crippen LogP contribution is -2.19. The predicted octanol–water partition coefficient (Wildman–Crippen LogP) is 6.46. The van der Waals surface area contributed by atoms with E-state index in [0.717, 1.165) is 16.3 Å². The first kappa shape index (κ1) is 25.2. The Labute approximate surface area is 218 Å². The van der Waals surface area contributed by atoms with Crippen molar-refractivity contribution in [2.45, 2.75) is 13.3 Å². The maximum absolute atomic E-state index is 12.6. The maximum atomic E-state index is 12.6. The Morgan fingerprint density at radius 1 is 0.944 bits per heavy atom. The smallest absolute Gasteiger partial charge is 0.345 e. The van der Waals surface area contributed by atoms with Gasteiger partial charge in [-0.1, -0.05) is 65.7 Å². The molecule has 0 aliphatic heterocycles. The van der Waals surface area contributed by atoms with Crippen molar-refractivity contribution in [1.82, 2.24) is 5.43 Å². The average Bonchev–Trinajstić information content (AvgIpc) is 2.86. The molecule has 1 amide bonds. The highest BCUT2D eigenvalue weighted by atomic mass is 35.5. The van der Waals surface area contributed by atoms with Crippen molar-refractivity contribution >= 4 is 52.1 Å². The van der Waals surface area contributed by atoms with Crippen LogP contribution in [-0.4, -0.2) is 24.7 Å². The van der Waals surface area contributed by atoms with Crippen LogP contribution in [0.1, 0.15) is 28.4 Å². The summed E-state index contributed by atoms with van der Waals surface area (Å²) in [6.45, 7) is 2.17. The molecule has 0 aliphatic carbocycles. The van der Waals surface area contributed by atoms with Crippen LogP contribution in [0.5, 0.6) is 11.5 Å². The van der Waals surface area contributed by atoms with Crippen LogP contribution in [0.3, 0.4) is 0 Å². The third kappa shape index (κ3) is 6.22. The molecule has 0 saturated carbocycles. The van der Waals surface area contributed by atoms with Crippen molar-refractivity contribution in [1.29, 1.82) is 0 Å². The summed E-state index contributed by atoms with van der Waals surface area (Å²) in [7, 11) is 0. The van der Waals surface area contributed by atoms with E-state index in [9.17, 15) is 9.59 Å². The highest BCUT2D eigenvalue weighted by Crippen LogP contribution is 2.30. The van der Waals surface area contributed by atoms with Gasteiger partial charge in [-0.05, 0) is 65.2 Å². The van der Waals surface area contributed by atoms with E-state index in [1.807, 2.05) is 49.4 Å². The molecule has 0 heterocycles. The third-order valence-electron chi connectivity index (χ3n) is 5.26. The van der Waals surface area contributed by atoms with Crippen molar-refractivity contribution in [3.63, 3.8) is 0 Å². The number of carbonyl (C=O) groups is 2. The lowest BCUT2D eigenvalue weighted by Gasteiger charge is -2.12. The highest BCUT2D eigenvalue weighted by molar-refractivity contribution is 6.36. The summed E-state index contributed by atoms with van der Waals surface area (Å²) in [6, 6.07) is 23.2. The van der Waals surface area contributed by atoms with E-state index < -0.39 is 5.97 Å². The van der Waals surface area contributed by atoms with Crippen molar-refractivity contribution in [2.24, 2.45) is 5.10 Å². The molecule has 0 fully saturated rings. The van der Waals surface area contributed by atoms with E-state index in [2.05, 4.69) is 10.5 Å². The zero-order valence-corrected chi connectivity index (χ0v) is 20.8. The molecule has 182 valence electrons. The van der Waals surface area contributed by atoms with Crippen LogP contribution < -0.4 is 14.9 Å². The minimum atomic E-state index is -0.639.